The highest BCUT2D eigenvalue weighted by molar-refractivity contribution is 7.22. The first-order valence-corrected chi connectivity index (χ1v) is 12.7. The van der Waals surface area contributed by atoms with Gasteiger partial charge in [0.05, 0.1) is 16.3 Å². The van der Waals surface area contributed by atoms with E-state index in [0.29, 0.717) is 16.6 Å². The number of hydrogen-bond acceptors (Lipinski definition) is 7. The molecule has 4 aromatic rings. The van der Waals surface area contributed by atoms with Crippen molar-refractivity contribution in [3.05, 3.63) is 63.3 Å². The van der Waals surface area contributed by atoms with Gasteiger partial charge in [-0.2, -0.15) is 0 Å². The van der Waals surface area contributed by atoms with Crippen LogP contribution in [0.25, 0.3) is 21.1 Å². The SMILES string of the molecule is CC(=O)NCCCc1ccc(-c2csc(NC(=O)c3sc(-c4cccs4)nc3C)n2)cc1. The van der Waals surface area contributed by atoms with Crippen LogP contribution in [0, 0.1) is 6.92 Å². The summed E-state index contributed by atoms with van der Waals surface area (Å²) in [4.78, 5) is 34.5. The predicted molar refractivity (Wildman–Crippen MR) is 133 cm³/mol. The molecule has 3 aromatic heterocycles. The Labute approximate surface area is 198 Å². The van der Waals surface area contributed by atoms with E-state index in [1.54, 1.807) is 11.3 Å². The standard InChI is InChI=1S/C23H22N4O2S3/c1-14-20(32-22(25-14)19-6-4-12-30-19)21(29)27-23-26-18(13-31-23)17-9-7-16(8-10-17)5-3-11-24-15(2)28/h4,6-10,12-13H,3,5,11H2,1-2H3,(H,24,28)(H,26,27,29). The molecule has 0 fully saturated rings. The number of carbonyl (C=O) groups excluding carboxylic acids is 2. The molecule has 4 rings (SSSR count). The van der Waals surface area contributed by atoms with Gasteiger partial charge in [-0.1, -0.05) is 30.3 Å². The Hall–Kier alpha value is -2.88. The number of thiazole rings is 2. The van der Waals surface area contributed by atoms with Gasteiger partial charge < -0.3 is 5.32 Å². The zero-order chi connectivity index (χ0) is 22.5. The number of nitrogens with one attached hydrogen (secondary N) is 2. The summed E-state index contributed by atoms with van der Waals surface area (Å²) >= 11 is 4.42. The molecule has 0 bridgehead atoms. The first kappa shape index (κ1) is 22.3. The summed E-state index contributed by atoms with van der Waals surface area (Å²) in [6.07, 6.45) is 1.80. The van der Waals surface area contributed by atoms with E-state index in [4.69, 9.17) is 0 Å². The highest BCUT2D eigenvalue weighted by Gasteiger charge is 2.18. The molecule has 0 aliphatic heterocycles. The number of aromatic nitrogens is 2. The third kappa shape index (κ3) is 5.48. The van der Waals surface area contributed by atoms with Crippen molar-refractivity contribution >= 4 is 51.0 Å². The summed E-state index contributed by atoms with van der Waals surface area (Å²) in [5, 5.41) is 11.1. The molecular formula is C23H22N4O2S3. The van der Waals surface area contributed by atoms with Gasteiger partial charge in [0, 0.05) is 24.4 Å². The van der Waals surface area contributed by atoms with E-state index in [0.717, 1.165) is 39.7 Å². The topological polar surface area (TPSA) is 84.0 Å². The normalized spacial score (nSPS) is 10.8. The Balaban J connectivity index is 1.38. The number of benzene rings is 1. The molecule has 0 aliphatic rings. The van der Waals surface area contributed by atoms with Gasteiger partial charge in [-0.05, 0) is 36.8 Å². The van der Waals surface area contributed by atoms with Gasteiger partial charge in [0.25, 0.3) is 5.91 Å². The van der Waals surface area contributed by atoms with Crippen LogP contribution in [0.2, 0.25) is 0 Å². The highest BCUT2D eigenvalue weighted by atomic mass is 32.1. The lowest BCUT2D eigenvalue weighted by Crippen LogP contribution is -2.21. The van der Waals surface area contributed by atoms with Gasteiger partial charge in [0.15, 0.2) is 5.13 Å². The van der Waals surface area contributed by atoms with E-state index < -0.39 is 0 Å². The second kappa shape index (κ2) is 10.2. The number of carbonyl (C=O) groups is 2. The lowest BCUT2D eigenvalue weighted by molar-refractivity contribution is -0.118. The fourth-order valence-corrected chi connectivity index (χ4v) is 5.60. The van der Waals surface area contributed by atoms with E-state index >= 15 is 0 Å². The van der Waals surface area contributed by atoms with Crippen molar-refractivity contribution in [3.8, 4) is 21.1 Å². The van der Waals surface area contributed by atoms with E-state index in [1.165, 1.54) is 35.2 Å². The summed E-state index contributed by atoms with van der Waals surface area (Å²) in [6.45, 7) is 4.06. The van der Waals surface area contributed by atoms with Gasteiger partial charge in [0.1, 0.15) is 9.88 Å². The van der Waals surface area contributed by atoms with Crippen LogP contribution in [0.5, 0.6) is 0 Å². The molecule has 0 atom stereocenters. The largest absolute Gasteiger partial charge is 0.356 e. The van der Waals surface area contributed by atoms with E-state index in [1.807, 2.05) is 41.9 Å². The number of hydrogen-bond donors (Lipinski definition) is 2. The van der Waals surface area contributed by atoms with Crippen molar-refractivity contribution in [1.29, 1.82) is 0 Å². The van der Waals surface area contributed by atoms with Crippen molar-refractivity contribution in [2.45, 2.75) is 26.7 Å². The van der Waals surface area contributed by atoms with Gasteiger partial charge in [-0.25, -0.2) is 9.97 Å². The average Bonchev–Trinajstić information content (AvgIpc) is 3.52. The summed E-state index contributed by atoms with van der Waals surface area (Å²) in [5.74, 6) is -0.182. The molecule has 0 unspecified atom stereocenters. The van der Waals surface area contributed by atoms with Gasteiger partial charge in [-0.15, -0.1) is 34.0 Å². The third-order valence-corrected chi connectivity index (χ3v) is 7.68. The van der Waals surface area contributed by atoms with Gasteiger partial charge in [0.2, 0.25) is 5.91 Å². The fraction of sp³-hybridized carbons (Fsp3) is 0.217. The Morgan fingerprint density at radius 2 is 1.88 bits per heavy atom. The number of thiophene rings is 1. The van der Waals surface area contributed by atoms with Crippen LogP contribution in [0.3, 0.4) is 0 Å². The average molecular weight is 483 g/mol. The molecule has 6 nitrogen and oxygen atoms in total. The quantitative estimate of drug-likeness (QED) is 0.319. The maximum Gasteiger partial charge on any atom is 0.269 e. The molecule has 2 amide bonds. The second-order valence-electron chi connectivity index (χ2n) is 7.19. The van der Waals surface area contributed by atoms with Crippen LogP contribution < -0.4 is 10.6 Å². The molecule has 0 aliphatic carbocycles. The van der Waals surface area contributed by atoms with E-state index in [9.17, 15) is 9.59 Å². The molecule has 9 heteroatoms. The van der Waals surface area contributed by atoms with Crippen LogP contribution in [-0.4, -0.2) is 28.3 Å². The van der Waals surface area contributed by atoms with Crippen molar-refractivity contribution in [2.75, 3.05) is 11.9 Å². The van der Waals surface area contributed by atoms with Crippen molar-refractivity contribution < 1.29 is 9.59 Å². The number of aryl methyl sites for hydroxylation is 2. The Morgan fingerprint density at radius 3 is 2.59 bits per heavy atom. The smallest absolute Gasteiger partial charge is 0.269 e. The van der Waals surface area contributed by atoms with Crippen molar-refractivity contribution in [1.82, 2.24) is 15.3 Å². The molecule has 3 heterocycles. The Kier molecular flexibility index (Phi) is 7.09. The molecule has 2 N–H and O–H groups in total. The van der Waals surface area contributed by atoms with Crippen molar-refractivity contribution in [2.24, 2.45) is 0 Å². The summed E-state index contributed by atoms with van der Waals surface area (Å²) in [5.41, 5.74) is 3.77. The molecular weight excluding hydrogens is 460 g/mol. The molecule has 0 radical (unpaired) electrons. The minimum absolute atomic E-state index is 0.000210. The van der Waals surface area contributed by atoms with Gasteiger partial charge >= 0.3 is 0 Å². The number of amides is 2. The lowest BCUT2D eigenvalue weighted by Gasteiger charge is -2.04. The van der Waals surface area contributed by atoms with E-state index in [-0.39, 0.29) is 11.8 Å². The predicted octanol–water partition coefficient (Wildman–Crippen LogP) is 5.62. The molecule has 1 aromatic carbocycles. The zero-order valence-corrected chi connectivity index (χ0v) is 20.1. The second-order valence-corrected chi connectivity index (χ2v) is 9.99. The molecule has 164 valence electrons. The van der Waals surface area contributed by atoms with Crippen LogP contribution in [-0.2, 0) is 11.2 Å². The summed E-state index contributed by atoms with van der Waals surface area (Å²) < 4.78 is 0. The third-order valence-electron chi connectivity index (χ3n) is 4.73. The Morgan fingerprint density at radius 1 is 1.06 bits per heavy atom. The summed E-state index contributed by atoms with van der Waals surface area (Å²) in [6, 6.07) is 12.2. The van der Waals surface area contributed by atoms with Crippen LogP contribution >= 0.6 is 34.0 Å². The fourth-order valence-electron chi connectivity index (χ4n) is 3.13. The van der Waals surface area contributed by atoms with Crippen LogP contribution in [0.1, 0.15) is 34.3 Å². The van der Waals surface area contributed by atoms with Gasteiger partial charge in [-0.3, -0.25) is 14.9 Å². The molecule has 0 spiro atoms. The Bertz CT molecular complexity index is 1210. The molecule has 0 saturated heterocycles. The van der Waals surface area contributed by atoms with E-state index in [2.05, 4.69) is 32.7 Å². The monoisotopic (exact) mass is 482 g/mol. The maximum absolute atomic E-state index is 12.8. The minimum Gasteiger partial charge on any atom is -0.356 e. The minimum atomic E-state index is -0.182. The molecule has 0 saturated carbocycles. The van der Waals surface area contributed by atoms with Crippen LogP contribution in [0.4, 0.5) is 5.13 Å². The molecule has 32 heavy (non-hydrogen) atoms. The maximum atomic E-state index is 12.8. The number of rotatable bonds is 8. The number of nitrogens with zero attached hydrogens (tertiary/aromatic N) is 2. The van der Waals surface area contributed by atoms with Crippen molar-refractivity contribution in [3.63, 3.8) is 0 Å². The first-order chi connectivity index (χ1) is 15.5. The zero-order valence-electron chi connectivity index (χ0n) is 17.7. The summed E-state index contributed by atoms with van der Waals surface area (Å²) in [7, 11) is 0. The van der Waals surface area contributed by atoms with Crippen LogP contribution in [0.15, 0.2) is 47.2 Å². The lowest BCUT2D eigenvalue weighted by atomic mass is 10.1. The number of anilines is 1. The first-order valence-electron chi connectivity index (χ1n) is 10.1. The highest BCUT2D eigenvalue weighted by Crippen LogP contribution is 2.32.